The number of carbonyl (C=O) groups is 1. The molecule has 1 amide bonds. The molecule has 3 heteroatoms. The molecule has 1 rings (SSSR count). The van der Waals surface area contributed by atoms with Gasteiger partial charge < -0.3 is 10.4 Å². The Morgan fingerprint density at radius 2 is 1.88 bits per heavy atom. The summed E-state index contributed by atoms with van der Waals surface area (Å²) in [7, 11) is 0. The fourth-order valence-electron chi connectivity index (χ4n) is 1.42. The van der Waals surface area contributed by atoms with E-state index in [1.165, 1.54) is 5.56 Å². The molecule has 0 fully saturated rings. The van der Waals surface area contributed by atoms with Crippen LogP contribution in [0.3, 0.4) is 0 Å². The second-order valence-electron chi connectivity index (χ2n) is 5.07. The molecule has 3 nitrogen and oxygen atoms in total. The number of hydrogen-bond acceptors (Lipinski definition) is 2. The SMILES string of the molecule is Cc1ccc(CCC(=O)NCC(C)(C)O)cc1. The molecular weight excluding hydrogens is 214 g/mol. The molecule has 0 saturated carbocycles. The summed E-state index contributed by atoms with van der Waals surface area (Å²) >= 11 is 0. The molecule has 0 heterocycles. The Labute approximate surface area is 103 Å². The minimum atomic E-state index is -0.848. The van der Waals surface area contributed by atoms with Crippen LogP contribution in [0.4, 0.5) is 0 Å². The fraction of sp³-hybridized carbons (Fsp3) is 0.500. The highest BCUT2D eigenvalue weighted by atomic mass is 16.3. The van der Waals surface area contributed by atoms with Crippen molar-refractivity contribution < 1.29 is 9.90 Å². The van der Waals surface area contributed by atoms with Crippen LogP contribution in [0.15, 0.2) is 24.3 Å². The average Bonchev–Trinajstić information content (AvgIpc) is 2.25. The summed E-state index contributed by atoms with van der Waals surface area (Å²) < 4.78 is 0. The van der Waals surface area contributed by atoms with Crippen LogP contribution in [0.25, 0.3) is 0 Å². The third kappa shape index (κ3) is 6.07. The van der Waals surface area contributed by atoms with E-state index < -0.39 is 5.60 Å². The lowest BCUT2D eigenvalue weighted by atomic mass is 10.1. The molecule has 0 spiro atoms. The number of benzene rings is 1. The van der Waals surface area contributed by atoms with Crippen molar-refractivity contribution in [2.45, 2.75) is 39.2 Å². The van der Waals surface area contributed by atoms with Gasteiger partial charge in [-0.15, -0.1) is 0 Å². The van der Waals surface area contributed by atoms with Crippen LogP contribution < -0.4 is 5.32 Å². The number of nitrogens with one attached hydrogen (secondary N) is 1. The van der Waals surface area contributed by atoms with E-state index in [2.05, 4.69) is 5.32 Å². The van der Waals surface area contributed by atoms with Gasteiger partial charge in [-0.25, -0.2) is 0 Å². The van der Waals surface area contributed by atoms with Crippen molar-refractivity contribution >= 4 is 5.91 Å². The quantitative estimate of drug-likeness (QED) is 0.818. The lowest BCUT2D eigenvalue weighted by Gasteiger charge is -2.17. The maximum atomic E-state index is 11.5. The van der Waals surface area contributed by atoms with Gasteiger partial charge in [-0.2, -0.15) is 0 Å². The van der Waals surface area contributed by atoms with E-state index >= 15 is 0 Å². The highest BCUT2D eigenvalue weighted by molar-refractivity contribution is 5.76. The van der Waals surface area contributed by atoms with Crippen molar-refractivity contribution in [3.8, 4) is 0 Å². The predicted octanol–water partition coefficient (Wildman–Crippen LogP) is 1.81. The van der Waals surface area contributed by atoms with Crippen LogP contribution in [-0.4, -0.2) is 23.2 Å². The second-order valence-corrected chi connectivity index (χ2v) is 5.07. The smallest absolute Gasteiger partial charge is 0.220 e. The van der Waals surface area contributed by atoms with Crippen LogP contribution in [0.1, 0.15) is 31.4 Å². The van der Waals surface area contributed by atoms with E-state index in [9.17, 15) is 9.90 Å². The first kappa shape index (κ1) is 13.7. The second kappa shape index (κ2) is 5.82. The van der Waals surface area contributed by atoms with Gasteiger partial charge in [0.05, 0.1) is 5.60 Å². The summed E-state index contributed by atoms with van der Waals surface area (Å²) in [4.78, 5) is 11.5. The molecule has 0 bridgehead atoms. The number of rotatable bonds is 5. The molecule has 1 aromatic rings. The molecule has 0 unspecified atom stereocenters. The first-order valence-corrected chi connectivity index (χ1v) is 5.91. The van der Waals surface area contributed by atoms with Gasteiger partial charge in [0.1, 0.15) is 0 Å². The van der Waals surface area contributed by atoms with E-state index in [0.717, 1.165) is 12.0 Å². The van der Waals surface area contributed by atoms with Gasteiger partial charge in [0.15, 0.2) is 0 Å². The van der Waals surface area contributed by atoms with Crippen molar-refractivity contribution in [2.75, 3.05) is 6.54 Å². The molecule has 0 aliphatic heterocycles. The van der Waals surface area contributed by atoms with Crippen LogP contribution in [0, 0.1) is 6.92 Å². The zero-order valence-corrected chi connectivity index (χ0v) is 10.8. The lowest BCUT2D eigenvalue weighted by molar-refractivity contribution is -0.122. The normalized spacial score (nSPS) is 11.3. The number of carbonyl (C=O) groups excluding carboxylic acids is 1. The van der Waals surface area contributed by atoms with Gasteiger partial charge in [0, 0.05) is 13.0 Å². The van der Waals surface area contributed by atoms with Crippen molar-refractivity contribution in [3.05, 3.63) is 35.4 Å². The summed E-state index contributed by atoms with van der Waals surface area (Å²) in [6.45, 7) is 5.68. The van der Waals surface area contributed by atoms with Crippen molar-refractivity contribution in [1.29, 1.82) is 0 Å². The van der Waals surface area contributed by atoms with Gasteiger partial charge in [-0.3, -0.25) is 4.79 Å². The first-order valence-electron chi connectivity index (χ1n) is 5.91. The Kier molecular flexibility index (Phi) is 4.70. The van der Waals surface area contributed by atoms with Crippen LogP contribution in [0.5, 0.6) is 0 Å². The third-order valence-electron chi connectivity index (χ3n) is 2.48. The summed E-state index contributed by atoms with van der Waals surface area (Å²) in [5.41, 5.74) is 1.54. The molecule has 0 atom stereocenters. The summed E-state index contributed by atoms with van der Waals surface area (Å²) in [5.74, 6) is -0.0206. The standard InChI is InChI=1S/C14H21NO2/c1-11-4-6-12(7-5-11)8-9-13(16)15-10-14(2,3)17/h4-7,17H,8-10H2,1-3H3,(H,15,16). The maximum absolute atomic E-state index is 11.5. The Morgan fingerprint density at radius 1 is 1.29 bits per heavy atom. The van der Waals surface area contributed by atoms with E-state index in [1.54, 1.807) is 13.8 Å². The van der Waals surface area contributed by atoms with Crippen molar-refractivity contribution in [3.63, 3.8) is 0 Å². The van der Waals surface area contributed by atoms with E-state index in [1.807, 2.05) is 31.2 Å². The third-order valence-corrected chi connectivity index (χ3v) is 2.48. The van der Waals surface area contributed by atoms with Crippen LogP contribution in [-0.2, 0) is 11.2 Å². The van der Waals surface area contributed by atoms with Gasteiger partial charge in [-0.1, -0.05) is 29.8 Å². The maximum Gasteiger partial charge on any atom is 0.220 e. The zero-order chi connectivity index (χ0) is 12.9. The summed E-state index contributed by atoms with van der Waals surface area (Å²) in [6.07, 6.45) is 1.19. The molecule has 0 radical (unpaired) electrons. The van der Waals surface area contributed by atoms with Gasteiger partial charge in [0.25, 0.3) is 0 Å². The average molecular weight is 235 g/mol. The highest BCUT2D eigenvalue weighted by Crippen LogP contribution is 2.06. The summed E-state index contributed by atoms with van der Waals surface area (Å²) in [5, 5.41) is 12.2. The minimum absolute atomic E-state index is 0.0206. The molecule has 0 aliphatic carbocycles. The molecule has 94 valence electrons. The van der Waals surface area contributed by atoms with Crippen LogP contribution in [0.2, 0.25) is 0 Å². The Bertz CT molecular complexity index is 363. The first-order chi connectivity index (χ1) is 7.87. The molecular formula is C14H21NO2. The Hall–Kier alpha value is -1.35. The number of aliphatic hydroxyl groups is 1. The molecule has 0 aliphatic rings. The van der Waals surface area contributed by atoms with Crippen molar-refractivity contribution in [2.24, 2.45) is 0 Å². The Morgan fingerprint density at radius 3 is 2.41 bits per heavy atom. The lowest BCUT2D eigenvalue weighted by Crippen LogP contribution is -2.38. The van der Waals surface area contributed by atoms with Gasteiger partial charge in [0.2, 0.25) is 5.91 Å². The monoisotopic (exact) mass is 235 g/mol. The largest absolute Gasteiger partial charge is 0.389 e. The van der Waals surface area contributed by atoms with Crippen molar-refractivity contribution in [1.82, 2.24) is 5.32 Å². The predicted molar refractivity (Wildman–Crippen MR) is 68.8 cm³/mol. The Balaban J connectivity index is 2.31. The van der Waals surface area contributed by atoms with Crippen LogP contribution >= 0.6 is 0 Å². The van der Waals surface area contributed by atoms with E-state index in [4.69, 9.17) is 0 Å². The molecule has 2 N–H and O–H groups in total. The van der Waals surface area contributed by atoms with E-state index in [0.29, 0.717) is 13.0 Å². The minimum Gasteiger partial charge on any atom is -0.389 e. The van der Waals surface area contributed by atoms with Gasteiger partial charge >= 0.3 is 0 Å². The molecule has 0 aromatic heterocycles. The van der Waals surface area contributed by atoms with Gasteiger partial charge in [-0.05, 0) is 32.8 Å². The molecule has 0 saturated heterocycles. The molecule has 1 aromatic carbocycles. The topological polar surface area (TPSA) is 49.3 Å². The number of amides is 1. The summed E-state index contributed by atoms with van der Waals surface area (Å²) in [6, 6.07) is 8.17. The zero-order valence-electron chi connectivity index (χ0n) is 10.8. The fourth-order valence-corrected chi connectivity index (χ4v) is 1.42. The number of aryl methyl sites for hydroxylation is 2. The van der Waals surface area contributed by atoms with E-state index in [-0.39, 0.29) is 5.91 Å². The molecule has 17 heavy (non-hydrogen) atoms. The number of hydrogen-bond donors (Lipinski definition) is 2. The highest BCUT2D eigenvalue weighted by Gasteiger charge is 2.13.